The van der Waals surface area contributed by atoms with E-state index in [4.69, 9.17) is 5.73 Å². The van der Waals surface area contributed by atoms with Crippen molar-refractivity contribution < 1.29 is 0 Å². The minimum absolute atomic E-state index is 0. The van der Waals surface area contributed by atoms with Crippen LogP contribution in [0.5, 0.6) is 0 Å². The molecule has 2 rings (SSSR count). The number of aliphatic imine (C=N–C) groups is 1. The average molecular weight is 394 g/mol. The van der Waals surface area contributed by atoms with E-state index in [-0.39, 0.29) is 24.0 Å². The van der Waals surface area contributed by atoms with Crippen LogP contribution in [0.4, 0.5) is 0 Å². The largest absolute Gasteiger partial charge is 0.370 e. The molecule has 5 heteroatoms. The topological polar surface area (TPSA) is 44.9 Å². The lowest BCUT2D eigenvalue weighted by atomic mass is 9.99. The molecule has 0 aromatic heterocycles. The average Bonchev–Trinajstić information content (AvgIpc) is 2.41. The van der Waals surface area contributed by atoms with E-state index in [0.717, 1.165) is 44.0 Å². The minimum atomic E-state index is 0. The maximum atomic E-state index is 6.11. The van der Waals surface area contributed by atoms with Crippen molar-refractivity contribution in [3.8, 4) is 0 Å². The standard InChI is InChI=1S/C15H30N4.HI/c1-13-5-9-18(10-6-13)11-7-17-15(16)19-8-3-4-14(2)12-19;/h13-14H,3-12H2,1-2H3,(H2,16,17);1H. The van der Waals surface area contributed by atoms with E-state index in [2.05, 4.69) is 28.6 Å². The Kier molecular flexibility index (Phi) is 8.17. The molecule has 2 saturated heterocycles. The number of halogens is 1. The molecule has 0 aliphatic carbocycles. The molecule has 0 bridgehead atoms. The summed E-state index contributed by atoms with van der Waals surface area (Å²) in [6.07, 6.45) is 5.25. The molecule has 20 heavy (non-hydrogen) atoms. The molecule has 118 valence electrons. The number of piperidine rings is 2. The maximum Gasteiger partial charge on any atom is 0.191 e. The highest BCUT2D eigenvalue weighted by Crippen LogP contribution is 2.16. The van der Waals surface area contributed by atoms with Gasteiger partial charge in [-0.1, -0.05) is 13.8 Å². The predicted octanol–water partition coefficient (Wildman–Crippen LogP) is 2.38. The molecule has 1 atom stereocenters. The lowest BCUT2D eigenvalue weighted by molar-refractivity contribution is 0.197. The van der Waals surface area contributed by atoms with E-state index < -0.39 is 0 Å². The van der Waals surface area contributed by atoms with Crippen LogP contribution in [0.15, 0.2) is 4.99 Å². The van der Waals surface area contributed by atoms with Gasteiger partial charge in [-0.25, -0.2) is 0 Å². The van der Waals surface area contributed by atoms with Gasteiger partial charge in [-0.3, -0.25) is 4.99 Å². The van der Waals surface area contributed by atoms with E-state index in [0.29, 0.717) is 0 Å². The normalized spacial score (nSPS) is 26.4. The number of nitrogens with zero attached hydrogens (tertiary/aromatic N) is 3. The van der Waals surface area contributed by atoms with Gasteiger partial charge in [-0.05, 0) is 50.6 Å². The molecule has 2 fully saturated rings. The Hall–Kier alpha value is -0.0400. The molecule has 2 N–H and O–H groups in total. The zero-order valence-electron chi connectivity index (χ0n) is 13.1. The van der Waals surface area contributed by atoms with Gasteiger partial charge in [-0.15, -0.1) is 24.0 Å². The number of hydrogen-bond acceptors (Lipinski definition) is 2. The molecule has 0 saturated carbocycles. The Bertz CT molecular complexity index is 300. The van der Waals surface area contributed by atoms with Crippen molar-refractivity contribution in [3.05, 3.63) is 0 Å². The second-order valence-electron chi connectivity index (χ2n) is 6.46. The summed E-state index contributed by atoms with van der Waals surface area (Å²) in [5.74, 6) is 2.42. The van der Waals surface area contributed by atoms with Crippen molar-refractivity contribution in [2.75, 3.05) is 39.3 Å². The number of guanidine groups is 1. The van der Waals surface area contributed by atoms with Gasteiger partial charge in [-0.2, -0.15) is 0 Å². The molecule has 0 spiro atoms. The van der Waals surface area contributed by atoms with Crippen LogP contribution < -0.4 is 5.73 Å². The third kappa shape index (κ3) is 5.76. The quantitative estimate of drug-likeness (QED) is 0.454. The molecule has 4 nitrogen and oxygen atoms in total. The van der Waals surface area contributed by atoms with Crippen LogP contribution >= 0.6 is 24.0 Å². The first-order chi connectivity index (χ1) is 9.15. The van der Waals surface area contributed by atoms with E-state index in [1.54, 1.807) is 0 Å². The van der Waals surface area contributed by atoms with Gasteiger partial charge in [0.25, 0.3) is 0 Å². The molecular formula is C15H31IN4. The molecule has 0 amide bonds. The molecule has 1 unspecified atom stereocenters. The van der Waals surface area contributed by atoms with E-state index in [9.17, 15) is 0 Å². The Morgan fingerprint density at radius 2 is 1.80 bits per heavy atom. The molecular weight excluding hydrogens is 363 g/mol. The smallest absolute Gasteiger partial charge is 0.191 e. The first-order valence-electron chi connectivity index (χ1n) is 7.92. The van der Waals surface area contributed by atoms with E-state index >= 15 is 0 Å². The van der Waals surface area contributed by atoms with Gasteiger partial charge >= 0.3 is 0 Å². The van der Waals surface area contributed by atoms with Crippen molar-refractivity contribution in [1.82, 2.24) is 9.80 Å². The van der Waals surface area contributed by atoms with Gasteiger partial charge in [0.2, 0.25) is 0 Å². The lowest BCUT2D eigenvalue weighted by Crippen LogP contribution is -2.44. The van der Waals surface area contributed by atoms with E-state index in [1.807, 2.05) is 0 Å². The Morgan fingerprint density at radius 3 is 2.45 bits per heavy atom. The van der Waals surface area contributed by atoms with Crippen LogP contribution in [0.2, 0.25) is 0 Å². The van der Waals surface area contributed by atoms with Gasteiger partial charge in [0.1, 0.15) is 0 Å². The number of hydrogen-bond donors (Lipinski definition) is 1. The summed E-state index contributed by atoms with van der Waals surface area (Å²) in [6.45, 7) is 11.2. The minimum Gasteiger partial charge on any atom is -0.370 e. The zero-order chi connectivity index (χ0) is 13.7. The summed E-state index contributed by atoms with van der Waals surface area (Å²) in [5, 5.41) is 0. The van der Waals surface area contributed by atoms with Crippen molar-refractivity contribution in [2.45, 2.75) is 39.5 Å². The second-order valence-corrected chi connectivity index (χ2v) is 6.46. The molecule has 2 heterocycles. The van der Waals surface area contributed by atoms with Crippen LogP contribution in [-0.2, 0) is 0 Å². The fraction of sp³-hybridized carbons (Fsp3) is 0.933. The summed E-state index contributed by atoms with van der Waals surface area (Å²) < 4.78 is 0. The van der Waals surface area contributed by atoms with Gasteiger partial charge in [0.15, 0.2) is 5.96 Å². The van der Waals surface area contributed by atoms with Crippen molar-refractivity contribution in [2.24, 2.45) is 22.6 Å². The van der Waals surface area contributed by atoms with Crippen molar-refractivity contribution in [3.63, 3.8) is 0 Å². The van der Waals surface area contributed by atoms with Gasteiger partial charge < -0.3 is 15.5 Å². The SMILES string of the molecule is CC1CCN(CCN=C(N)N2CCCC(C)C2)CC1.I. The number of likely N-dealkylation sites (tertiary alicyclic amines) is 2. The summed E-state index contributed by atoms with van der Waals surface area (Å²) in [7, 11) is 0. The second kappa shape index (κ2) is 9.07. The molecule has 2 aliphatic rings. The zero-order valence-corrected chi connectivity index (χ0v) is 15.4. The summed E-state index contributed by atoms with van der Waals surface area (Å²) in [6, 6.07) is 0. The fourth-order valence-corrected chi connectivity index (χ4v) is 3.09. The Morgan fingerprint density at radius 1 is 1.10 bits per heavy atom. The fourth-order valence-electron chi connectivity index (χ4n) is 3.09. The predicted molar refractivity (Wildman–Crippen MR) is 96.7 cm³/mol. The lowest BCUT2D eigenvalue weighted by Gasteiger charge is -2.32. The number of nitrogens with two attached hydrogens (primary N) is 1. The summed E-state index contributed by atoms with van der Waals surface area (Å²) >= 11 is 0. The van der Waals surface area contributed by atoms with Gasteiger partial charge in [0, 0.05) is 19.6 Å². The molecule has 0 aromatic carbocycles. The molecule has 2 aliphatic heterocycles. The van der Waals surface area contributed by atoms with Crippen LogP contribution in [0.1, 0.15) is 39.5 Å². The summed E-state index contributed by atoms with van der Waals surface area (Å²) in [4.78, 5) is 9.35. The van der Waals surface area contributed by atoms with Crippen LogP contribution in [0, 0.1) is 11.8 Å². The first-order valence-corrected chi connectivity index (χ1v) is 7.92. The highest BCUT2D eigenvalue weighted by molar-refractivity contribution is 14.0. The molecule has 0 aromatic rings. The third-order valence-corrected chi connectivity index (χ3v) is 4.55. The van der Waals surface area contributed by atoms with Crippen molar-refractivity contribution in [1.29, 1.82) is 0 Å². The maximum absolute atomic E-state index is 6.11. The van der Waals surface area contributed by atoms with Gasteiger partial charge in [0.05, 0.1) is 6.54 Å². The highest BCUT2D eigenvalue weighted by atomic mass is 127. The van der Waals surface area contributed by atoms with Crippen LogP contribution in [0.3, 0.4) is 0 Å². The highest BCUT2D eigenvalue weighted by Gasteiger charge is 2.18. The van der Waals surface area contributed by atoms with E-state index in [1.165, 1.54) is 38.8 Å². The third-order valence-electron chi connectivity index (χ3n) is 4.55. The first kappa shape index (κ1) is 18.0. The molecule has 0 radical (unpaired) electrons. The summed E-state index contributed by atoms with van der Waals surface area (Å²) in [5.41, 5.74) is 6.11. The van der Waals surface area contributed by atoms with Crippen molar-refractivity contribution >= 4 is 29.9 Å². The monoisotopic (exact) mass is 394 g/mol. The van der Waals surface area contributed by atoms with Crippen LogP contribution in [-0.4, -0.2) is 55.0 Å². The van der Waals surface area contributed by atoms with Crippen LogP contribution in [0.25, 0.3) is 0 Å². The Balaban J connectivity index is 0.00000200. The number of rotatable bonds is 3. The Labute approximate surface area is 141 Å².